The lowest BCUT2D eigenvalue weighted by Crippen LogP contribution is -2.26. The smallest absolute Gasteiger partial charge is 0.0593 e. The van der Waals surface area contributed by atoms with Crippen molar-refractivity contribution < 1.29 is 4.74 Å². The number of hydrogen-bond donors (Lipinski definition) is 1. The van der Waals surface area contributed by atoms with Crippen LogP contribution in [-0.4, -0.2) is 29.5 Å². The van der Waals surface area contributed by atoms with Crippen molar-refractivity contribution in [3.8, 4) is 0 Å². The van der Waals surface area contributed by atoms with Crippen LogP contribution in [0.5, 0.6) is 0 Å². The van der Waals surface area contributed by atoms with E-state index in [0.717, 1.165) is 19.6 Å². The Hall–Kier alpha value is -0.870. The lowest BCUT2D eigenvalue weighted by molar-refractivity contribution is 0.00548. The van der Waals surface area contributed by atoms with Crippen LogP contribution in [0.3, 0.4) is 0 Å². The van der Waals surface area contributed by atoms with Crippen LogP contribution in [-0.2, 0) is 11.3 Å². The van der Waals surface area contributed by atoms with E-state index in [9.17, 15) is 0 Å². The van der Waals surface area contributed by atoms with Crippen LogP contribution in [0.4, 0.5) is 0 Å². The molecule has 0 bridgehead atoms. The van der Waals surface area contributed by atoms with Crippen LogP contribution in [0.25, 0.3) is 0 Å². The minimum atomic E-state index is 0.360. The SMILES string of the molecule is CCn1cc(C(CC2CCCCO2)NC)cn1. The van der Waals surface area contributed by atoms with Crippen molar-refractivity contribution in [3.05, 3.63) is 18.0 Å². The number of rotatable bonds is 5. The second-order valence-electron chi connectivity index (χ2n) is 4.69. The van der Waals surface area contributed by atoms with Crippen molar-refractivity contribution in [1.82, 2.24) is 15.1 Å². The normalized spacial score (nSPS) is 22.6. The predicted octanol–water partition coefficient (Wildman–Crippen LogP) is 2.12. The molecule has 1 aromatic rings. The van der Waals surface area contributed by atoms with Crippen molar-refractivity contribution in [3.63, 3.8) is 0 Å². The van der Waals surface area contributed by atoms with E-state index in [2.05, 4.69) is 23.5 Å². The minimum absolute atomic E-state index is 0.360. The van der Waals surface area contributed by atoms with E-state index in [4.69, 9.17) is 4.74 Å². The molecule has 0 amide bonds. The molecule has 1 N–H and O–H groups in total. The highest BCUT2D eigenvalue weighted by Gasteiger charge is 2.20. The van der Waals surface area contributed by atoms with E-state index in [1.165, 1.54) is 24.8 Å². The maximum Gasteiger partial charge on any atom is 0.0593 e. The van der Waals surface area contributed by atoms with E-state index in [0.29, 0.717) is 12.1 Å². The molecule has 2 unspecified atom stereocenters. The van der Waals surface area contributed by atoms with E-state index < -0.39 is 0 Å². The summed E-state index contributed by atoms with van der Waals surface area (Å²) in [5, 5.41) is 7.70. The molecule has 1 fully saturated rings. The first-order valence-corrected chi connectivity index (χ1v) is 6.64. The fourth-order valence-electron chi connectivity index (χ4n) is 2.41. The Labute approximate surface area is 103 Å². The zero-order chi connectivity index (χ0) is 12.1. The van der Waals surface area contributed by atoms with Crippen LogP contribution < -0.4 is 5.32 Å². The molecule has 4 heteroatoms. The highest BCUT2D eigenvalue weighted by atomic mass is 16.5. The zero-order valence-electron chi connectivity index (χ0n) is 10.9. The van der Waals surface area contributed by atoms with Crippen molar-refractivity contribution in [1.29, 1.82) is 0 Å². The van der Waals surface area contributed by atoms with Gasteiger partial charge in [0, 0.05) is 31.0 Å². The zero-order valence-corrected chi connectivity index (χ0v) is 10.9. The van der Waals surface area contributed by atoms with Gasteiger partial charge in [-0.25, -0.2) is 0 Å². The third-order valence-corrected chi connectivity index (χ3v) is 3.50. The van der Waals surface area contributed by atoms with Gasteiger partial charge in [-0.1, -0.05) is 0 Å². The standard InChI is InChI=1S/C13H23N3O/c1-3-16-10-11(9-15-16)13(14-2)8-12-6-4-5-7-17-12/h9-10,12-14H,3-8H2,1-2H3. The van der Waals surface area contributed by atoms with E-state index in [1.54, 1.807) is 0 Å². The number of aromatic nitrogens is 2. The molecule has 0 aromatic carbocycles. The monoisotopic (exact) mass is 237 g/mol. The number of ether oxygens (including phenoxy) is 1. The van der Waals surface area contributed by atoms with E-state index >= 15 is 0 Å². The largest absolute Gasteiger partial charge is 0.378 e. The first-order valence-electron chi connectivity index (χ1n) is 6.64. The second-order valence-corrected chi connectivity index (χ2v) is 4.69. The maximum absolute atomic E-state index is 5.80. The molecule has 2 atom stereocenters. The first kappa shape index (κ1) is 12.6. The van der Waals surface area contributed by atoms with Gasteiger partial charge < -0.3 is 10.1 Å². The molecule has 17 heavy (non-hydrogen) atoms. The molecule has 1 saturated heterocycles. The Morgan fingerprint density at radius 1 is 1.59 bits per heavy atom. The molecule has 4 nitrogen and oxygen atoms in total. The fourth-order valence-corrected chi connectivity index (χ4v) is 2.41. The van der Waals surface area contributed by atoms with E-state index in [-0.39, 0.29) is 0 Å². The summed E-state index contributed by atoms with van der Waals surface area (Å²) < 4.78 is 7.77. The van der Waals surface area contributed by atoms with Gasteiger partial charge in [-0.2, -0.15) is 5.10 Å². The molecule has 1 aliphatic rings. The summed E-state index contributed by atoms with van der Waals surface area (Å²) in [5.74, 6) is 0. The lowest BCUT2D eigenvalue weighted by Gasteiger charge is -2.26. The summed E-state index contributed by atoms with van der Waals surface area (Å²) in [7, 11) is 2.01. The highest BCUT2D eigenvalue weighted by molar-refractivity contribution is 5.10. The average molecular weight is 237 g/mol. The van der Waals surface area contributed by atoms with Crippen molar-refractivity contribution in [2.45, 2.75) is 51.3 Å². The van der Waals surface area contributed by atoms with Crippen LogP contribution in [0.2, 0.25) is 0 Å². The van der Waals surface area contributed by atoms with Crippen molar-refractivity contribution in [2.24, 2.45) is 0 Å². The van der Waals surface area contributed by atoms with Gasteiger partial charge in [-0.15, -0.1) is 0 Å². The van der Waals surface area contributed by atoms with Gasteiger partial charge in [0.25, 0.3) is 0 Å². The molecular formula is C13H23N3O. The quantitative estimate of drug-likeness (QED) is 0.852. The first-order chi connectivity index (χ1) is 8.33. The molecule has 2 heterocycles. The predicted molar refractivity (Wildman–Crippen MR) is 67.9 cm³/mol. The third kappa shape index (κ3) is 3.30. The summed E-state index contributed by atoms with van der Waals surface area (Å²) in [4.78, 5) is 0. The van der Waals surface area contributed by atoms with Gasteiger partial charge in [0.1, 0.15) is 0 Å². The molecule has 1 aromatic heterocycles. The maximum atomic E-state index is 5.80. The van der Waals surface area contributed by atoms with Crippen LogP contribution in [0.1, 0.15) is 44.2 Å². The summed E-state index contributed by atoms with van der Waals surface area (Å²) in [6.07, 6.45) is 9.26. The number of hydrogen-bond acceptors (Lipinski definition) is 3. The summed E-state index contributed by atoms with van der Waals surface area (Å²) in [6.45, 7) is 3.96. The molecular weight excluding hydrogens is 214 g/mol. The van der Waals surface area contributed by atoms with Gasteiger partial charge in [0.15, 0.2) is 0 Å². The van der Waals surface area contributed by atoms with Crippen LogP contribution >= 0.6 is 0 Å². The molecule has 0 spiro atoms. The van der Waals surface area contributed by atoms with Crippen LogP contribution in [0, 0.1) is 0 Å². The Balaban J connectivity index is 1.95. The molecule has 0 saturated carbocycles. The molecule has 2 rings (SSSR count). The average Bonchev–Trinajstić information content (AvgIpc) is 2.86. The number of nitrogens with one attached hydrogen (secondary N) is 1. The molecule has 96 valence electrons. The summed E-state index contributed by atoms with van der Waals surface area (Å²) in [6, 6.07) is 0.360. The molecule has 1 aliphatic heterocycles. The van der Waals surface area contributed by atoms with E-state index in [1.807, 2.05) is 17.9 Å². The molecule has 0 aliphatic carbocycles. The summed E-state index contributed by atoms with van der Waals surface area (Å²) in [5.41, 5.74) is 1.27. The topological polar surface area (TPSA) is 39.1 Å². The van der Waals surface area contributed by atoms with Gasteiger partial charge in [0.2, 0.25) is 0 Å². The Morgan fingerprint density at radius 2 is 2.47 bits per heavy atom. The second kappa shape index (κ2) is 6.17. The Bertz CT molecular complexity index is 331. The van der Waals surface area contributed by atoms with Gasteiger partial charge in [-0.05, 0) is 39.7 Å². The van der Waals surface area contributed by atoms with Gasteiger partial charge in [0.05, 0.1) is 12.3 Å². The lowest BCUT2D eigenvalue weighted by atomic mass is 9.99. The highest BCUT2D eigenvalue weighted by Crippen LogP contribution is 2.24. The molecule has 0 radical (unpaired) electrons. The van der Waals surface area contributed by atoms with Gasteiger partial charge in [-0.3, -0.25) is 4.68 Å². The minimum Gasteiger partial charge on any atom is -0.378 e. The number of aryl methyl sites for hydroxylation is 1. The fraction of sp³-hybridized carbons (Fsp3) is 0.769. The Morgan fingerprint density at radius 3 is 3.06 bits per heavy atom. The third-order valence-electron chi connectivity index (χ3n) is 3.50. The Kier molecular flexibility index (Phi) is 4.57. The van der Waals surface area contributed by atoms with Crippen molar-refractivity contribution >= 4 is 0 Å². The van der Waals surface area contributed by atoms with Crippen molar-refractivity contribution in [2.75, 3.05) is 13.7 Å². The van der Waals surface area contributed by atoms with Gasteiger partial charge >= 0.3 is 0 Å². The van der Waals surface area contributed by atoms with Crippen LogP contribution in [0.15, 0.2) is 12.4 Å². The summed E-state index contributed by atoms with van der Waals surface area (Å²) >= 11 is 0. The number of nitrogens with zero attached hydrogens (tertiary/aromatic N) is 2.